The van der Waals surface area contributed by atoms with Gasteiger partial charge >= 0.3 is 0 Å². The van der Waals surface area contributed by atoms with E-state index in [1.807, 2.05) is 41.5 Å². The van der Waals surface area contributed by atoms with Crippen LogP contribution in [0.15, 0.2) is 0 Å². The highest BCUT2D eigenvalue weighted by Crippen LogP contribution is 2.62. The summed E-state index contributed by atoms with van der Waals surface area (Å²) in [6.07, 6.45) is 1.72. The van der Waals surface area contributed by atoms with Gasteiger partial charge < -0.3 is 20.8 Å². The average molecular weight is 466 g/mol. The first-order valence-corrected chi connectivity index (χ1v) is 12.4. The topological polar surface area (TPSA) is 112 Å². The maximum absolute atomic E-state index is 12.9. The van der Waals surface area contributed by atoms with Gasteiger partial charge in [-0.05, 0) is 44.4 Å². The minimum absolute atomic E-state index is 0.000261. The summed E-state index contributed by atoms with van der Waals surface area (Å²) in [6.45, 7) is 13.5. The Kier molecular flexibility index (Phi) is 6.82. The zero-order valence-electron chi connectivity index (χ0n) is 20.4. The van der Waals surface area contributed by atoms with E-state index < -0.39 is 16.9 Å². The average Bonchev–Trinajstić information content (AvgIpc) is 3.07. The second-order valence-electron chi connectivity index (χ2n) is 11.5. The van der Waals surface area contributed by atoms with Crippen molar-refractivity contribution in [3.05, 3.63) is 10.6 Å². The van der Waals surface area contributed by atoms with Crippen molar-refractivity contribution >= 4 is 28.3 Å². The fourth-order valence-electron chi connectivity index (χ4n) is 5.55. The molecular formula is C24H39N3O4S. The van der Waals surface area contributed by atoms with E-state index in [1.54, 1.807) is 0 Å². The lowest BCUT2D eigenvalue weighted by Crippen LogP contribution is -2.57. The molecule has 2 aliphatic carbocycles. The van der Waals surface area contributed by atoms with Crippen LogP contribution in [0.3, 0.4) is 0 Å². The van der Waals surface area contributed by atoms with Crippen molar-refractivity contribution in [3.63, 3.8) is 0 Å². The summed E-state index contributed by atoms with van der Waals surface area (Å²) in [5.74, 6) is -0.274. The number of fused-ring (bicyclic) bond motifs is 2. The number of amides is 2. The molecular weight excluding hydrogens is 426 g/mol. The molecule has 2 amide bonds. The molecule has 4 N–H and O–H groups in total. The first-order valence-electron chi connectivity index (χ1n) is 11.6. The molecule has 180 valence electrons. The Labute approximate surface area is 195 Å². The van der Waals surface area contributed by atoms with Crippen LogP contribution in [0.4, 0.5) is 5.13 Å². The van der Waals surface area contributed by atoms with Crippen molar-refractivity contribution in [1.82, 2.24) is 10.3 Å². The minimum atomic E-state index is -0.656. The van der Waals surface area contributed by atoms with E-state index in [1.165, 1.54) is 11.3 Å². The number of nitrogens with zero attached hydrogens (tertiary/aromatic N) is 1. The summed E-state index contributed by atoms with van der Waals surface area (Å²) >= 11 is 1.45. The van der Waals surface area contributed by atoms with Crippen molar-refractivity contribution in [2.24, 2.45) is 22.2 Å². The third-order valence-corrected chi connectivity index (χ3v) is 8.64. The number of carbonyl (C=O) groups is 2. The molecule has 0 saturated heterocycles. The van der Waals surface area contributed by atoms with Gasteiger partial charge in [0.2, 0.25) is 11.8 Å². The number of rotatable bonds is 5. The van der Waals surface area contributed by atoms with Crippen LogP contribution in [0.5, 0.6) is 0 Å². The number of anilines is 1. The van der Waals surface area contributed by atoms with Crippen LogP contribution in [0.1, 0.15) is 84.2 Å². The van der Waals surface area contributed by atoms with Gasteiger partial charge in [0.1, 0.15) is 0 Å². The van der Waals surface area contributed by atoms with Crippen molar-refractivity contribution < 1.29 is 19.8 Å². The SMILES string of the molecule is CC(C)NC(=O)CC1c2nc(NC(=O)C(C)(C)C)sc2CC2C(C)(CO)C(O)CCC12C. The highest BCUT2D eigenvalue weighted by Gasteiger charge is 2.59. The summed E-state index contributed by atoms with van der Waals surface area (Å²) in [5.41, 5.74) is -0.607. The minimum Gasteiger partial charge on any atom is -0.396 e. The number of nitrogens with one attached hydrogen (secondary N) is 2. The largest absolute Gasteiger partial charge is 0.396 e. The van der Waals surface area contributed by atoms with E-state index in [0.717, 1.165) is 17.0 Å². The maximum atomic E-state index is 12.9. The number of aliphatic hydroxyl groups is 2. The number of thiazole rings is 1. The third-order valence-electron chi connectivity index (χ3n) is 7.63. The van der Waals surface area contributed by atoms with Gasteiger partial charge in [0.25, 0.3) is 0 Å². The molecule has 0 bridgehead atoms. The van der Waals surface area contributed by atoms with Crippen LogP contribution >= 0.6 is 11.3 Å². The van der Waals surface area contributed by atoms with Crippen molar-refractivity contribution in [3.8, 4) is 0 Å². The second-order valence-corrected chi connectivity index (χ2v) is 12.6. The van der Waals surface area contributed by atoms with E-state index in [4.69, 9.17) is 4.98 Å². The van der Waals surface area contributed by atoms with Gasteiger partial charge in [-0.3, -0.25) is 9.59 Å². The van der Waals surface area contributed by atoms with E-state index in [9.17, 15) is 19.8 Å². The molecule has 0 radical (unpaired) electrons. The number of aliphatic hydroxyl groups excluding tert-OH is 2. The van der Waals surface area contributed by atoms with E-state index in [2.05, 4.69) is 17.6 Å². The Hall–Kier alpha value is -1.51. The lowest BCUT2D eigenvalue weighted by Gasteiger charge is -2.58. The van der Waals surface area contributed by atoms with Crippen LogP contribution in [-0.4, -0.2) is 45.8 Å². The van der Waals surface area contributed by atoms with Crippen molar-refractivity contribution in [2.75, 3.05) is 11.9 Å². The molecule has 7 nitrogen and oxygen atoms in total. The van der Waals surface area contributed by atoms with E-state index in [-0.39, 0.29) is 41.7 Å². The molecule has 32 heavy (non-hydrogen) atoms. The van der Waals surface area contributed by atoms with Crippen LogP contribution in [0.2, 0.25) is 0 Å². The summed E-state index contributed by atoms with van der Waals surface area (Å²) in [4.78, 5) is 31.3. The Morgan fingerprint density at radius 1 is 1.28 bits per heavy atom. The first-order chi connectivity index (χ1) is 14.7. The predicted octanol–water partition coefficient (Wildman–Crippen LogP) is 3.46. The monoisotopic (exact) mass is 465 g/mol. The molecule has 0 spiro atoms. The number of hydrogen-bond acceptors (Lipinski definition) is 6. The smallest absolute Gasteiger partial charge is 0.231 e. The van der Waals surface area contributed by atoms with Gasteiger partial charge in [0.05, 0.1) is 18.4 Å². The number of hydrogen-bond donors (Lipinski definition) is 4. The van der Waals surface area contributed by atoms with Gasteiger partial charge in [-0.15, -0.1) is 11.3 Å². The van der Waals surface area contributed by atoms with Gasteiger partial charge in [0.15, 0.2) is 5.13 Å². The predicted molar refractivity (Wildman–Crippen MR) is 127 cm³/mol. The Bertz CT molecular complexity index is 877. The number of aromatic nitrogens is 1. The van der Waals surface area contributed by atoms with Crippen LogP contribution < -0.4 is 10.6 Å². The molecule has 1 aromatic heterocycles. The zero-order valence-corrected chi connectivity index (χ0v) is 21.2. The maximum Gasteiger partial charge on any atom is 0.231 e. The highest BCUT2D eigenvalue weighted by molar-refractivity contribution is 7.15. The molecule has 3 rings (SSSR count). The molecule has 5 atom stereocenters. The summed E-state index contributed by atoms with van der Waals surface area (Å²) in [7, 11) is 0. The third kappa shape index (κ3) is 4.46. The van der Waals surface area contributed by atoms with Crippen LogP contribution in [-0.2, 0) is 16.0 Å². The quantitative estimate of drug-likeness (QED) is 0.532. The normalized spacial score (nSPS) is 32.2. The van der Waals surface area contributed by atoms with Gasteiger partial charge in [-0.2, -0.15) is 0 Å². The molecule has 1 saturated carbocycles. The Morgan fingerprint density at radius 3 is 2.50 bits per heavy atom. The van der Waals surface area contributed by atoms with Crippen molar-refractivity contribution in [2.45, 2.75) is 92.2 Å². The van der Waals surface area contributed by atoms with Crippen LogP contribution in [0, 0.1) is 22.2 Å². The summed E-state index contributed by atoms with van der Waals surface area (Å²) in [6, 6.07) is 0.0436. The fraction of sp³-hybridized carbons (Fsp3) is 0.792. The Balaban J connectivity index is 2.05. The molecule has 1 fully saturated rings. The molecule has 2 aliphatic rings. The van der Waals surface area contributed by atoms with Crippen LogP contribution in [0.25, 0.3) is 0 Å². The lowest BCUT2D eigenvalue weighted by molar-refractivity contribution is -0.144. The van der Waals surface area contributed by atoms with Gasteiger partial charge in [0, 0.05) is 34.1 Å². The standard InChI is InChI=1S/C24H39N3O4S/c1-13(2)25-18(30)10-14-19-15(32-21(26-19)27-20(31)22(3,4)5)11-16-23(14,6)9-8-17(29)24(16,7)12-28/h13-14,16-17,28-29H,8-12H2,1-7H3,(H,25,30)(H,26,27,31). The molecule has 5 unspecified atom stereocenters. The molecule has 1 aromatic rings. The van der Waals surface area contributed by atoms with Gasteiger partial charge in [-0.25, -0.2) is 4.98 Å². The van der Waals surface area contributed by atoms with E-state index >= 15 is 0 Å². The van der Waals surface area contributed by atoms with Crippen molar-refractivity contribution in [1.29, 1.82) is 0 Å². The Morgan fingerprint density at radius 2 is 1.94 bits per heavy atom. The first kappa shape index (κ1) is 25.1. The zero-order chi connectivity index (χ0) is 24.1. The number of carbonyl (C=O) groups excluding carboxylic acids is 2. The van der Waals surface area contributed by atoms with Gasteiger partial charge in [-0.1, -0.05) is 34.6 Å². The lowest BCUT2D eigenvalue weighted by atomic mass is 9.47. The molecule has 0 aliphatic heterocycles. The second kappa shape index (κ2) is 8.69. The highest BCUT2D eigenvalue weighted by atomic mass is 32.1. The van der Waals surface area contributed by atoms with E-state index in [0.29, 0.717) is 24.4 Å². The molecule has 8 heteroatoms. The summed E-state index contributed by atoms with van der Waals surface area (Å²) in [5, 5.41) is 27.6. The molecule has 0 aromatic carbocycles. The molecule has 1 heterocycles. The summed E-state index contributed by atoms with van der Waals surface area (Å²) < 4.78 is 0. The fourth-order valence-corrected chi connectivity index (χ4v) is 6.61.